The number of carbonyl (C=O) groups is 1. The molecule has 0 saturated heterocycles. The second-order valence-electron chi connectivity index (χ2n) is 5.82. The first-order valence-electron chi connectivity index (χ1n) is 8.59. The van der Waals surface area contributed by atoms with E-state index in [-0.39, 0.29) is 11.7 Å². The number of anilines is 2. The third-order valence-electron chi connectivity index (χ3n) is 3.94. The van der Waals surface area contributed by atoms with Gasteiger partial charge in [0.15, 0.2) is 5.13 Å². The van der Waals surface area contributed by atoms with Crippen molar-refractivity contribution in [1.82, 2.24) is 4.98 Å². The standard InChI is InChI=1S/C21H18F2N2O3S/c1-3-20(26)25(15-6-10-17(11-7-15)28-12-19(22)23)21-24-18(13-29-21)14-4-8-16(27-2)9-5-14/h3-11,13,19H,1,12H2,2H3. The van der Waals surface area contributed by atoms with Gasteiger partial charge >= 0.3 is 0 Å². The van der Waals surface area contributed by atoms with Crippen molar-refractivity contribution < 1.29 is 23.0 Å². The lowest BCUT2D eigenvalue weighted by Gasteiger charge is -2.18. The Balaban J connectivity index is 1.86. The van der Waals surface area contributed by atoms with Crippen molar-refractivity contribution >= 4 is 28.1 Å². The molecule has 0 aliphatic carbocycles. The maximum absolute atomic E-state index is 12.5. The number of hydrogen-bond donors (Lipinski definition) is 0. The summed E-state index contributed by atoms with van der Waals surface area (Å²) in [6, 6.07) is 13.7. The first-order valence-corrected chi connectivity index (χ1v) is 9.47. The zero-order valence-corrected chi connectivity index (χ0v) is 16.4. The lowest BCUT2D eigenvalue weighted by Crippen LogP contribution is -2.23. The quantitative estimate of drug-likeness (QED) is 0.467. The first-order chi connectivity index (χ1) is 14.0. The monoisotopic (exact) mass is 416 g/mol. The average Bonchev–Trinajstić information content (AvgIpc) is 3.22. The van der Waals surface area contributed by atoms with Crippen LogP contribution in [0.4, 0.5) is 19.6 Å². The smallest absolute Gasteiger partial charge is 0.272 e. The van der Waals surface area contributed by atoms with E-state index in [1.165, 1.54) is 34.4 Å². The van der Waals surface area contributed by atoms with Crippen LogP contribution in [-0.2, 0) is 4.79 Å². The molecular formula is C21H18F2N2O3S. The number of amides is 1. The topological polar surface area (TPSA) is 51.7 Å². The molecule has 2 aromatic carbocycles. The molecular weight excluding hydrogens is 398 g/mol. The number of benzene rings is 2. The van der Waals surface area contributed by atoms with Crippen LogP contribution in [0.25, 0.3) is 11.3 Å². The molecule has 0 aliphatic rings. The van der Waals surface area contributed by atoms with E-state index in [1.807, 2.05) is 29.6 Å². The zero-order chi connectivity index (χ0) is 20.8. The largest absolute Gasteiger partial charge is 0.497 e. The number of halogens is 2. The molecule has 0 N–H and O–H groups in total. The molecule has 0 radical (unpaired) electrons. The molecule has 0 atom stereocenters. The van der Waals surface area contributed by atoms with E-state index in [4.69, 9.17) is 9.47 Å². The Morgan fingerprint density at radius 3 is 2.41 bits per heavy atom. The maximum atomic E-state index is 12.5. The minimum atomic E-state index is -2.56. The molecule has 0 spiro atoms. The summed E-state index contributed by atoms with van der Waals surface area (Å²) in [7, 11) is 1.60. The van der Waals surface area contributed by atoms with Crippen LogP contribution in [0.5, 0.6) is 11.5 Å². The molecule has 0 bridgehead atoms. The van der Waals surface area contributed by atoms with Crippen LogP contribution in [0.15, 0.2) is 66.6 Å². The van der Waals surface area contributed by atoms with Crippen molar-refractivity contribution in [1.29, 1.82) is 0 Å². The molecule has 0 unspecified atom stereocenters. The Labute approximate surface area is 170 Å². The highest BCUT2D eigenvalue weighted by Gasteiger charge is 2.20. The van der Waals surface area contributed by atoms with Gasteiger partial charge in [-0.15, -0.1) is 11.3 Å². The first kappa shape index (κ1) is 20.5. The molecule has 0 fully saturated rings. The van der Waals surface area contributed by atoms with Crippen molar-refractivity contribution in [2.45, 2.75) is 6.43 Å². The van der Waals surface area contributed by atoms with Gasteiger partial charge in [-0.05, 0) is 54.6 Å². The van der Waals surface area contributed by atoms with Gasteiger partial charge < -0.3 is 9.47 Å². The predicted octanol–water partition coefficient (Wildman–Crippen LogP) is 5.31. The van der Waals surface area contributed by atoms with E-state index >= 15 is 0 Å². The van der Waals surface area contributed by atoms with Crippen LogP contribution >= 0.6 is 11.3 Å². The van der Waals surface area contributed by atoms with E-state index in [0.717, 1.165) is 11.3 Å². The number of aromatic nitrogens is 1. The SMILES string of the molecule is C=CC(=O)N(c1ccc(OCC(F)F)cc1)c1nc(-c2ccc(OC)cc2)cs1. The Hall–Kier alpha value is -3.26. The van der Waals surface area contributed by atoms with Gasteiger partial charge in [0, 0.05) is 10.9 Å². The maximum Gasteiger partial charge on any atom is 0.272 e. The van der Waals surface area contributed by atoms with Gasteiger partial charge in [-0.1, -0.05) is 6.58 Å². The normalized spacial score (nSPS) is 10.6. The van der Waals surface area contributed by atoms with Gasteiger partial charge in [0.2, 0.25) is 0 Å². The number of nitrogens with zero attached hydrogens (tertiary/aromatic N) is 2. The molecule has 3 aromatic rings. The second kappa shape index (κ2) is 9.29. The number of alkyl halides is 2. The van der Waals surface area contributed by atoms with E-state index in [0.29, 0.717) is 16.5 Å². The van der Waals surface area contributed by atoms with Gasteiger partial charge in [0.25, 0.3) is 12.3 Å². The van der Waals surface area contributed by atoms with Crippen molar-refractivity contribution in [3.05, 3.63) is 66.6 Å². The summed E-state index contributed by atoms with van der Waals surface area (Å²) in [6.45, 7) is 2.86. The van der Waals surface area contributed by atoms with E-state index in [9.17, 15) is 13.6 Å². The minimum Gasteiger partial charge on any atom is -0.497 e. The van der Waals surface area contributed by atoms with Crippen LogP contribution in [0.1, 0.15) is 0 Å². The zero-order valence-electron chi connectivity index (χ0n) is 15.5. The van der Waals surface area contributed by atoms with Crippen LogP contribution in [0, 0.1) is 0 Å². The highest BCUT2D eigenvalue weighted by molar-refractivity contribution is 7.14. The van der Waals surface area contributed by atoms with Crippen LogP contribution in [0.3, 0.4) is 0 Å². The second-order valence-corrected chi connectivity index (χ2v) is 6.65. The van der Waals surface area contributed by atoms with Gasteiger partial charge in [-0.2, -0.15) is 0 Å². The summed E-state index contributed by atoms with van der Waals surface area (Å²) >= 11 is 1.30. The van der Waals surface area contributed by atoms with E-state index < -0.39 is 13.0 Å². The molecule has 1 heterocycles. The third kappa shape index (κ3) is 4.97. The summed E-state index contributed by atoms with van der Waals surface area (Å²) in [5.74, 6) is 0.668. The molecule has 3 rings (SSSR count). The number of ether oxygens (including phenoxy) is 2. The summed E-state index contributed by atoms with van der Waals surface area (Å²) in [4.78, 5) is 18.4. The number of hydrogen-bond acceptors (Lipinski definition) is 5. The Kier molecular flexibility index (Phi) is 6.56. The fourth-order valence-electron chi connectivity index (χ4n) is 2.54. The predicted molar refractivity (Wildman–Crippen MR) is 109 cm³/mol. The van der Waals surface area contributed by atoms with Gasteiger partial charge in [-0.3, -0.25) is 9.69 Å². The lowest BCUT2D eigenvalue weighted by molar-refractivity contribution is -0.113. The Morgan fingerprint density at radius 2 is 1.83 bits per heavy atom. The number of thiazole rings is 1. The Bertz CT molecular complexity index is 972. The lowest BCUT2D eigenvalue weighted by atomic mass is 10.2. The van der Waals surface area contributed by atoms with Crippen LogP contribution in [0.2, 0.25) is 0 Å². The highest BCUT2D eigenvalue weighted by atomic mass is 32.1. The summed E-state index contributed by atoms with van der Waals surface area (Å²) in [5, 5.41) is 2.31. The van der Waals surface area contributed by atoms with Gasteiger partial charge in [0.1, 0.15) is 18.1 Å². The average molecular weight is 416 g/mol. The molecule has 0 saturated carbocycles. The molecule has 150 valence electrons. The fraction of sp³-hybridized carbons (Fsp3) is 0.143. The van der Waals surface area contributed by atoms with Gasteiger partial charge in [-0.25, -0.2) is 13.8 Å². The van der Waals surface area contributed by atoms with Crippen LogP contribution < -0.4 is 14.4 Å². The summed E-state index contributed by atoms with van der Waals surface area (Å²) < 4.78 is 34.7. The number of carbonyl (C=O) groups excluding carboxylic acids is 1. The molecule has 29 heavy (non-hydrogen) atoms. The van der Waals surface area contributed by atoms with Gasteiger partial charge in [0.05, 0.1) is 18.5 Å². The molecule has 5 nitrogen and oxygen atoms in total. The van der Waals surface area contributed by atoms with E-state index in [2.05, 4.69) is 11.6 Å². The molecule has 1 aromatic heterocycles. The molecule has 0 aliphatic heterocycles. The molecule has 8 heteroatoms. The summed E-state index contributed by atoms with van der Waals surface area (Å²) in [6.07, 6.45) is -1.37. The van der Waals surface area contributed by atoms with Crippen LogP contribution in [-0.4, -0.2) is 31.0 Å². The number of methoxy groups -OCH3 is 1. The van der Waals surface area contributed by atoms with E-state index in [1.54, 1.807) is 19.2 Å². The third-order valence-corrected chi connectivity index (χ3v) is 4.76. The fourth-order valence-corrected chi connectivity index (χ4v) is 3.39. The molecule has 1 amide bonds. The van der Waals surface area contributed by atoms with Crippen molar-refractivity contribution in [3.63, 3.8) is 0 Å². The van der Waals surface area contributed by atoms with Crippen molar-refractivity contribution in [2.24, 2.45) is 0 Å². The summed E-state index contributed by atoms with van der Waals surface area (Å²) in [5.41, 5.74) is 2.12. The number of rotatable bonds is 8. The minimum absolute atomic E-state index is 0.290. The van der Waals surface area contributed by atoms with Crippen molar-refractivity contribution in [3.8, 4) is 22.8 Å². The van der Waals surface area contributed by atoms with Crippen molar-refractivity contribution in [2.75, 3.05) is 18.6 Å². The highest BCUT2D eigenvalue weighted by Crippen LogP contribution is 2.33. The Morgan fingerprint density at radius 1 is 1.17 bits per heavy atom.